The maximum Gasteiger partial charge on any atom is 0.305 e. The molecule has 1 saturated heterocycles. The number of carbonyl (C=O) groups is 6. The van der Waals surface area contributed by atoms with Crippen LogP contribution in [-0.4, -0.2) is 155 Å². The number of anilines is 1. The smallest absolute Gasteiger partial charge is 0.305 e. The first-order chi connectivity index (χ1) is 28.5. The van der Waals surface area contributed by atoms with Crippen LogP contribution in [0.25, 0.3) is 11.2 Å². The number of carboxylic acids is 1. The number of nitrogens with one attached hydrogen (secondary N) is 6. The summed E-state index contributed by atoms with van der Waals surface area (Å²) < 4.78 is 6.23. The van der Waals surface area contributed by atoms with Crippen molar-refractivity contribution in [2.24, 2.45) is 16.5 Å². The van der Waals surface area contributed by atoms with Crippen LogP contribution in [-0.2, 0) is 46.5 Å². The highest BCUT2D eigenvalue weighted by molar-refractivity contribution is 5.95. The van der Waals surface area contributed by atoms with E-state index in [1.165, 1.54) is 10.9 Å². The maximum absolute atomic E-state index is 13.9. The Hall–Kier alpha value is -6.74. The third-order valence-corrected chi connectivity index (χ3v) is 8.98. The van der Waals surface area contributed by atoms with Crippen LogP contribution < -0.4 is 49.3 Å². The number of guanidine groups is 1. The highest BCUT2D eigenvalue weighted by Crippen LogP contribution is 2.20. The molecule has 4 rings (SSSR count). The van der Waals surface area contributed by atoms with Gasteiger partial charge in [0.05, 0.1) is 25.9 Å². The summed E-state index contributed by atoms with van der Waals surface area (Å²) in [5.41, 5.74) is 16.4. The highest BCUT2D eigenvalue weighted by Gasteiger charge is 2.45. The van der Waals surface area contributed by atoms with E-state index in [-0.39, 0.29) is 48.9 Å². The monoisotopic (exact) mass is 845 g/mol. The number of imidazole rings is 1. The molecular weight excluding hydrogens is 798 g/mol. The summed E-state index contributed by atoms with van der Waals surface area (Å²) in [5, 5.41) is 61.1. The Kier molecular flexibility index (Phi) is 16.3. The molecule has 3 aromatic rings. The molecule has 2 aromatic heterocycles. The maximum atomic E-state index is 13.9. The predicted molar refractivity (Wildman–Crippen MR) is 206 cm³/mol. The first-order valence-corrected chi connectivity index (χ1v) is 18.3. The molecule has 1 aliphatic rings. The average Bonchev–Trinajstić information content (AvgIpc) is 3.59. The molecule has 0 aliphatic carbocycles. The Morgan fingerprint density at radius 2 is 1.63 bits per heavy atom. The molecule has 326 valence electrons. The molecule has 1 fully saturated rings. The number of nitrogens with zero attached hydrogens (tertiary/aromatic N) is 4. The summed E-state index contributed by atoms with van der Waals surface area (Å²) in [6, 6.07) is 2.38. The van der Waals surface area contributed by atoms with Crippen molar-refractivity contribution >= 4 is 58.6 Å². The Balaban J connectivity index is 1.46. The van der Waals surface area contributed by atoms with Crippen molar-refractivity contribution in [3.8, 4) is 0 Å². The molecule has 60 heavy (non-hydrogen) atoms. The van der Waals surface area contributed by atoms with Crippen molar-refractivity contribution < 1.29 is 59.0 Å². The summed E-state index contributed by atoms with van der Waals surface area (Å²) >= 11 is 0. The first-order valence-electron chi connectivity index (χ1n) is 18.3. The Bertz CT molecular complexity index is 2090. The zero-order chi connectivity index (χ0) is 44.1. The van der Waals surface area contributed by atoms with E-state index in [0.717, 1.165) is 0 Å². The first kappa shape index (κ1) is 46.0. The van der Waals surface area contributed by atoms with Crippen LogP contribution in [0.15, 0.2) is 46.4 Å². The third-order valence-electron chi connectivity index (χ3n) is 8.98. The Morgan fingerprint density at radius 3 is 2.30 bits per heavy atom. The Labute approximate surface area is 339 Å². The van der Waals surface area contributed by atoms with Crippen molar-refractivity contribution in [2.45, 2.75) is 81.0 Å². The number of aromatic nitrogens is 4. The van der Waals surface area contributed by atoms with Gasteiger partial charge >= 0.3 is 5.97 Å². The molecule has 0 saturated carbocycles. The number of aliphatic hydroxyl groups excluding tert-OH is 4. The van der Waals surface area contributed by atoms with Crippen molar-refractivity contribution in [1.82, 2.24) is 46.1 Å². The fourth-order valence-electron chi connectivity index (χ4n) is 6.02. The van der Waals surface area contributed by atoms with Gasteiger partial charge in [0, 0.05) is 13.0 Å². The van der Waals surface area contributed by atoms with Crippen molar-refractivity contribution in [2.75, 3.05) is 25.4 Å². The number of hydrogen-bond donors (Lipinski definition) is 14. The van der Waals surface area contributed by atoms with Crippen LogP contribution in [0.2, 0.25) is 0 Å². The van der Waals surface area contributed by atoms with E-state index in [9.17, 15) is 59.1 Å². The number of aliphatic hydroxyl groups is 4. The van der Waals surface area contributed by atoms with Gasteiger partial charge < -0.3 is 78.6 Å². The number of carboxylic acid groups (broad SMARTS) is 1. The molecule has 3 heterocycles. The summed E-state index contributed by atoms with van der Waals surface area (Å²) in [7, 11) is 0. The predicted octanol–water partition coefficient (Wildman–Crippen LogP) is -7.04. The van der Waals surface area contributed by atoms with Crippen LogP contribution in [0.4, 0.5) is 5.95 Å². The van der Waals surface area contributed by atoms with Crippen LogP contribution in [0, 0.1) is 0 Å². The fraction of sp³-hybridized carbons (Fsp3) is 0.471. The van der Waals surface area contributed by atoms with E-state index < -0.39 is 116 Å². The molecule has 0 spiro atoms. The number of benzene rings is 1. The van der Waals surface area contributed by atoms with Gasteiger partial charge in [-0.3, -0.25) is 43.5 Å². The summed E-state index contributed by atoms with van der Waals surface area (Å²) in [6.45, 7) is -2.03. The zero-order valence-corrected chi connectivity index (χ0v) is 31.8. The number of aliphatic imine (C=N–C) groups is 1. The minimum absolute atomic E-state index is 0.0140. The second kappa shape index (κ2) is 21.3. The lowest BCUT2D eigenvalue weighted by atomic mass is 9.96. The number of aliphatic carboxylic acids is 1. The molecule has 8 atom stereocenters. The van der Waals surface area contributed by atoms with Gasteiger partial charge in [-0.2, -0.15) is 4.98 Å². The second-order valence-electron chi connectivity index (χ2n) is 13.5. The van der Waals surface area contributed by atoms with Gasteiger partial charge in [-0.05, 0) is 18.4 Å². The number of hydrogen-bond acceptors (Lipinski definition) is 16. The van der Waals surface area contributed by atoms with E-state index in [0.29, 0.717) is 5.56 Å². The zero-order valence-electron chi connectivity index (χ0n) is 31.8. The number of carbonyl (C=O) groups excluding carboxylic acids is 5. The number of fused-ring (bicyclic) bond motifs is 1. The van der Waals surface area contributed by atoms with Gasteiger partial charge in [0.25, 0.3) is 5.56 Å². The van der Waals surface area contributed by atoms with E-state index in [1.54, 1.807) is 30.3 Å². The van der Waals surface area contributed by atoms with Crippen molar-refractivity contribution in [3.05, 3.63) is 52.6 Å². The van der Waals surface area contributed by atoms with Crippen molar-refractivity contribution in [1.29, 1.82) is 0 Å². The number of ether oxygens (including phenoxy) is 1. The summed E-state index contributed by atoms with van der Waals surface area (Å²) in [6.07, 6.45) is -6.75. The van der Waals surface area contributed by atoms with Crippen LogP contribution >= 0.6 is 0 Å². The van der Waals surface area contributed by atoms with Crippen LogP contribution in [0.1, 0.15) is 24.8 Å². The van der Waals surface area contributed by atoms with E-state index in [2.05, 4.69) is 46.5 Å². The molecule has 26 nitrogen and oxygen atoms in total. The fourth-order valence-corrected chi connectivity index (χ4v) is 6.02. The lowest BCUT2D eigenvalue weighted by molar-refractivity contribution is -0.254. The number of nitrogen functional groups attached to an aromatic ring is 1. The molecule has 0 bridgehead atoms. The summed E-state index contributed by atoms with van der Waals surface area (Å²) in [5.74, 6) is -6.72. The van der Waals surface area contributed by atoms with Gasteiger partial charge in [0.1, 0.15) is 49.0 Å². The lowest BCUT2D eigenvalue weighted by Gasteiger charge is -2.40. The second-order valence-corrected chi connectivity index (χ2v) is 13.5. The SMILES string of the molecule is NC(N)=NCCC[C@H](NC(=O)[C@H](Cc1ccccc1)NC(=O)Cn1cnc2c(=O)[nH]c(N)nc21)C(=O)NCC(=O)N[C@@H](CC(=O)O)C(=O)N[C@H]1C(O)O[C@H](CO)[C@@H](O)[C@@H]1O. The molecular formula is C34H47N13O13. The topological polar surface area (TPSA) is 427 Å². The minimum atomic E-state index is -1.94. The van der Waals surface area contributed by atoms with Gasteiger partial charge in [0.15, 0.2) is 23.4 Å². The average molecular weight is 846 g/mol. The molecule has 1 unspecified atom stereocenters. The van der Waals surface area contributed by atoms with Gasteiger partial charge in [0.2, 0.25) is 35.5 Å². The van der Waals surface area contributed by atoms with Crippen LogP contribution in [0.5, 0.6) is 0 Å². The molecule has 1 aromatic carbocycles. The summed E-state index contributed by atoms with van der Waals surface area (Å²) in [4.78, 5) is 105. The third kappa shape index (κ3) is 12.9. The largest absolute Gasteiger partial charge is 0.481 e. The highest BCUT2D eigenvalue weighted by atomic mass is 16.6. The van der Waals surface area contributed by atoms with E-state index in [4.69, 9.17) is 21.9 Å². The number of nitrogens with two attached hydrogens (primary N) is 3. The van der Waals surface area contributed by atoms with Gasteiger partial charge in [-0.15, -0.1) is 0 Å². The molecule has 5 amide bonds. The number of amides is 5. The molecule has 0 radical (unpaired) electrons. The lowest BCUT2D eigenvalue weighted by Crippen LogP contribution is -2.66. The van der Waals surface area contributed by atoms with Crippen molar-refractivity contribution in [3.63, 3.8) is 0 Å². The minimum Gasteiger partial charge on any atom is -0.481 e. The molecule has 17 N–H and O–H groups in total. The molecule has 1 aliphatic heterocycles. The molecule has 26 heteroatoms. The van der Waals surface area contributed by atoms with E-state index in [1.807, 2.05) is 0 Å². The quantitative estimate of drug-likeness (QED) is 0.0285. The number of aromatic amines is 1. The standard InChI is InChI=1S/C34H47N13O13/c35-33(36)38-8-4-7-16(28(55)39-11-20(49)41-18(10-22(51)52)30(57)44-23-26(54)25(53)19(13-48)60-32(23)59)43-29(56)17(9-15-5-2-1-3-6-15)42-21(50)12-47-14-40-24-27(47)45-34(37)46-31(24)58/h1-3,5-6,14,16-19,23,25-26,32,48,53-54,59H,4,7-13H2,(H,39,55)(H,41,49)(H,42,50)(H,43,56)(H,44,57)(H,51,52)(H4,35,36,38)(H3,37,45,46,58)/t16-,17-,18-,19+,23+,25+,26+,32?/m0/s1. The van der Waals surface area contributed by atoms with Crippen LogP contribution in [0.3, 0.4) is 0 Å². The van der Waals surface area contributed by atoms with E-state index >= 15 is 0 Å². The Morgan fingerprint density at radius 1 is 0.933 bits per heavy atom. The number of rotatable bonds is 20. The normalized spacial score (nSPS) is 20.2. The van der Waals surface area contributed by atoms with Gasteiger partial charge in [-0.25, -0.2) is 4.98 Å². The number of H-pyrrole nitrogens is 1. The van der Waals surface area contributed by atoms with Gasteiger partial charge in [-0.1, -0.05) is 30.3 Å².